The summed E-state index contributed by atoms with van der Waals surface area (Å²) in [6.45, 7) is 5.66. The van der Waals surface area contributed by atoms with Gasteiger partial charge in [-0.15, -0.1) is 0 Å². The van der Waals surface area contributed by atoms with Crippen LogP contribution in [0.4, 0.5) is 14.7 Å². The van der Waals surface area contributed by atoms with Crippen molar-refractivity contribution in [1.82, 2.24) is 14.5 Å². The van der Waals surface area contributed by atoms with Crippen LogP contribution >= 0.6 is 15.9 Å². The normalized spacial score (nSPS) is 11.3. The Kier molecular flexibility index (Phi) is 7.94. The number of anilines is 1. The van der Waals surface area contributed by atoms with Gasteiger partial charge in [0.05, 0.1) is 0 Å². The molecule has 0 spiro atoms. The van der Waals surface area contributed by atoms with Gasteiger partial charge in [0.1, 0.15) is 22.7 Å². The highest BCUT2D eigenvalue weighted by molar-refractivity contribution is 9.10. The molecule has 28 heavy (non-hydrogen) atoms. The smallest absolute Gasteiger partial charge is 0.273 e. The Morgan fingerprint density at radius 1 is 1.32 bits per heavy atom. The molecular formula is C19H25BrF2N4O2. The van der Waals surface area contributed by atoms with Gasteiger partial charge in [0.15, 0.2) is 0 Å². The summed E-state index contributed by atoms with van der Waals surface area (Å²) in [4.78, 5) is 19.2. The van der Waals surface area contributed by atoms with Crippen LogP contribution in [0, 0.1) is 17.6 Å². The minimum atomic E-state index is -0.714. The van der Waals surface area contributed by atoms with Gasteiger partial charge < -0.3 is 15.0 Å². The highest BCUT2D eigenvalue weighted by Crippen LogP contribution is 2.23. The number of likely N-dealkylation sites (N-methyl/N-ethyl adjacent to an activating group) is 1. The topological polar surface area (TPSA) is 59.4 Å². The van der Waals surface area contributed by atoms with Crippen LogP contribution in [0.15, 0.2) is 27.5 Å². The summed E-state index contributed by atoms with van der Waals surface area (Å²) < 4.78 is 34.2. The molecule has 9 heteroatoms. The molecule has 1 N–H and O–H groups in total. The third-order valence-corrected chi connectivity index (χ3v) is 4.53. The predicted octanol–water partition coefficient (Wildman–Crippen LogP) is 3.49. The SMILES string of the molecule is CC(C)Cn1c(NCCN(C)C)nc(OCc2ccc(F)cc2F)c(Br)c1=O. The van der Waals surface area contributed by atoms with Crippen molar-refractivity contribution in [1.29, 1.82) is 0 Å². The summed E-state index contributed by atoms with van der Waals surface area (Å²) in [6, 6.07) is 3.24. The quantitative estimate of drug-likeness (QED) is 0.622. The Morgan fingerprint density at radius 2 is 2.04 bits per heavy atom. The molecule has 1 aromatic heterocycles. The fourth-order valence-electron chi connectivity index (χ4n) is 2.45. The lowest BCUT2D eigenvalue weighted by Crippen LogP contribution is -2.30. The van der Waals surface area contributed by atoms with E-state index in [1.54, 1.807) is 4.57 Å². The van der Waals surface area contributed by atoms with Gasteiger partial charge in [-0.3, -0.25) is 9.36 Å². The molecule has 154 valence electrons. The second-order valence-electron chi connectivity index (χ2n) is 7.12. The van der Waals surface area contributed by atoms with Crippen molar-refractivity contribution >= 4 is 21.9 Å². The third kappa shape index (κ3) is 6.00. The zero-order valence-corrected chi connectivity index (χ0v) is 18.0. The highest BCUT2D eigenvalue weighted by atomic mass is 79.9. The van der Waals surface area contributed by atoms with E-state index in [0.29, 0.717) is 19.0 Å². The standard InChI is InChI=1S/C19H25BrF2N4O2/c1-12(2)10-26-18(27)16(20)17(24-19(26)23-7-8-25(3)4)28-11-13-5-6-14(21)9-15(13)22/h5-6,9,12H,7-8,10-11H2,1-4H3,(H,23,24). The Bertz CT molecular complexity index is 872. The number of ether oxygens (including phenoxy) is 1. The van der Waals surface area contributed by atoms with Crippen molar-refractivity contribution in [2.24, 2.45) is 5.92 Å². The van der Waals surface area contributed by atoms with Crippen molar-refractivity contribution in [3.05, 3.63) is 50.2 Å². The molecule has 0 radical (unpaired) electrons. The molecule has 0 saturated carbocycles. The monoisotopic (exact) mass is 458 g/mol. The molecule has 0 atom stereocenters. The second-order valence-corrected chi connectivity index (χ2v) is 7.91. The van der Waals surface area contributed by atoms with Gasteiger partial charge in [0.2, 0.25) is 11.8 Å². The zero-order chi connectivity index (χ0) is 20.8. The Hall–Kier alpha value is -2.00. The number of hydrogen-bond donors (Lipinski definition) is 1. The molecule has 0 amide bonds. The minimum absolute atomic E-state index is 0.0566. The van der Waals surface area contributed by atoms with Crippen LogP contribution in [0.25, 0.3) is 0 Å². The van der Waals surface area contributed by atoms with Crippen molar-refractivity contribution in [2.75, 3.05) is 32.5 Å². The summed E-state index contributed by atoms with van der Waals surface area (Å²) in [7, 11) is 3.90. The molecule has 6 nitrogen and oxygen atoms in total. The van der Waals surface area contributed by atoms with Gasteiger partial charge in [-0.1, -0.05) is 13.8 Å². The molecule has 0 aliphatic rings. The number of aromatic nitrogens is 2. The number of benzene rings is 1. The first kappa shape index (κ1) is 22.3. The van der Waals surface area contributed by atoms with Crippen molar-refractivity contribution in [3.63, 3.8) is 0 Å². The lowest BCUT2D eigenvalue weighted by molar-refractivity contribution is 0.283. The van der Waals surface area contributed by atoms with E-state index in [0.717, 1.165) is 18.7 Å². The zero-order valence-electron chi connectivity index (χ0n) is 16.4. The van der Waals surface area contributed by atoms with E-state index in [-0.39, 0.29) is 34.0 Å². The van der Waals surface area contributed by atoms with Crippen LogP contribution in [0.2, 0.25) is 0 Å². The molecule has 0 fully saturated rings. The van der Waals surface area contributed by atoms with E-state index in [9.17, 15) is 13.6 Å². The molecule has 0 aliphatic carbocycles. The molecular weight excluding hydrogens is 434 g/mol. The summed E-state index contributed by atoms with van der Waals surface area (Å²) in [6.07, 6.45) is 0. The van der Waals surface area contributed by atoms with E-state index < -0.39 is 11.6 Å². The maximum Gasteiger partial charge on any atom is 0.273 e. The number of hydrogen-bond acceptors (Lipinski definition) is 5. The molecule has 2 rings (SSSR count). The number of nitrogens with zero attached hydrogens (tertiary/aromatic N) is 3. The van der Waals surface area contributed by atoms with Crippen LogP contribution in [-0.4, -0.2) is 41.6 Å². The van der Waals surface area contributed by atoms with Crippen LogP contribution in [0.5, 0.6) is 5.88 Å². The fraction of sp³-hybridized carbons (Fsp3) is 0.474. The van der Waals surface area contributed by atoms with E-state index in [1.165, 1.54) is 6.07 Å². The maximum atomic E-state index is 13.8. The Morgan fingerprint density at radius 3 is 2.64 bits per heavy atom. The Balaban J connectivity index is 2.30. The average molecular weight is 459 g/mol. The molecule has 2 aromatic rings. The lowest BCUT2D eigenvalue weighted by Gasteiger charge is -2.18. The molecule has 0 aliphatic heterocycles. The molecule has 0 unspecified atom stereocenters. The lowest BCUT2D eigenvalue weighted by atomic mass is 10.2. The largest absolute Gasteiger partial charge is 0.472 e. The second kappa shape index (κ2) is 9.97. The highest BCUT2D eigenvalue weighted by Gasteiger charge is 2.17. The van der Waals surface area contributed by atoms with Crippen LogP contribution in [0.3, 0.4) is 0 Å². The molecule has 0 saturated heterocycles. The first-order chi connectivity index (χ1) is 13.2. The van der Waals surface area contributed by atoms with Gasteiger partial charge in [-0.05, 0) is 48.1 Å². The summed E-state index contributed by atoms with van der Waals surface area (Å²) in [5, 5.41) is 3.16. The van der Waals surface area contributed by atoms with Gasteiger partial charge >= 0.3 is 0 Å². The van der Waals surface area contributed by atoms with Gasteiger partial charge in [-0.25, -0.2) is 8.78 Å². The van der Waals surface area contributed by atoms with Crippen LogP contribution in [-0.2, 0) is 13.2 Å². The van der Waals surface area contributed by atoms with E-state index in [1.807, 2.05) is 32.8 Å². The molecule has 1 heterocycles. The maximum absolute atomic E-state index is 13.8. The Labute approximate surface area is 171 Å². The molecule has 1 aromatic carbocycles. The van der Waals surface area contributed by atoms with Crippen LogP contribution < -0.4 is 15.6 Å². The average Bonchev–Trinajstić information content (AvgIpc) is 2.60. The number of nitrogens with one attached hydrogen (secondary N) is 1. The van der Waals surface area contributed by atoms with Gasteiger partial charge in [0.25, 0.3) is 5.56 Å². The van der Waals surface area contributed by atoms with Gasteiger partial charge in [0, 0.05) is 31.3 Å². The summed E-state index contributed by atoms with van der Waals surface area (Å²) in [5.41, 5.74) is -0.116. The van der Waals surface area contributed by atoms with E-state index in [2.05, 4.69) is 26.2 Å². The van der Waals surface area contributed by atoms with E-state index >= 15 is 0 Å². The van der Waals surface area contributed by atoms with Gasteiger partial charge in [-0.2, -0.15) is 4.98 Å². The van der Waals surface area contributed by atoms with Crippen molar-refractivity contribution in [2.45, 2.75) is 27.0 Å². The van der Waals surface area contributed by atoms with Crippen molar-refractivity contribution < 1.29 is 13.5 Å². The fourth-order valence-corrected chi connectivity index (χ4v) is 2.87. The summed E-state index contributed by atoms with van der Waals surface area (Å²) >= 11 is 3.24. The van der Waals surface area contributed by atoms with Crippen LogP contribution in [0.1, 0.15) is 19.4 Å². The summed E-state index contributed by atoms with van der Waals surface area (Å²) in [5.74, 6) is -0.696. The third-order valence-electron chi connectivity index (χ3n) is 3.85. The van der Waals surface area contributed by atoms with Crippen molar-refractivity contribution in [3.8, 4) is 5.88 Å². The first-order valence-corrected chi connectivity index (χ1v) is 9.74. The molecule has 0 bridgehead atoms. The predicted molar refractivity (Wildman–Crippen MR) is 109 cm³/mol. The van der Waals surface area contributed by atoms with E-state index in [4.69, 9.17) is 4.74 Å². The number of halogens is 3. The minimum Gasteiger partial charge on any atom is -0.472 e. The first-order valence-electron chi connectivity index (χ1n) is 8.94. The number of rotatable bonds is 9.